The normalized spacial score (nSPS) is 18.8. The van der Waals surface area contributed by atoms with Crippen LogP contribution in [0.4, 0.5) is 44.9 Å². The van der Waals surface area contributed by atoms with Crippen LogP contribution in [-0.2, 0) is 22.6 Å². The topological polar surface area (TPSA) is 151 Å². The third-order valence-corrected chi connectivity index (χ3v) is 12.0. The van der Waals surface area contributed by atoms with E-state index in [4.69, 9.17) is 9.72 Å². The number of carbonyl (C=O) groups is 3. The van der Waals surface area contributed by atoms with E-state index in [1.807, 2.05) is 42.4 Å². The first-order chi connectivity index (χ1) is 27.8. The Labute approximate surface area is 332 Å². The molecule has 15 nitrogen and oxygen atoms in total. The van der Waals surface area contributed by atoms with E-state index in [-0.39, 0.29) is 18.2 Å². The highest BCUT2D eigenvalue weighted by molar-refractivity contribution is 6.06. The molecule has 3 saturated heterocycles. The lowest BCUT2D eigenvalue weighted by Gasteiger charge is -2.40. The first-order valence-electron chi connectivity index (χ1n) is 20.1. The number of piperazine rings is 1. The Morgan fingerprint density at radius 1 is 0.825 bits per heavy atom. The van der Waals surface area contributed by atoms with E-state index in [9.17, 15) is 14.4 Å². The molecule has 0 spiro atoms. The van der Waals surface area contributed by atoms with Gasteiger partial charge in [-0.05, 0) is 92.6 Å². The number of benzene rings is 2. The number of fused-ring (bicyclic) bond motifs is 2. The Balaban J connectivity index is 0.749. The highest BCUT2D eigenvalue weighted by atomic mass is 16.5. The molecule has 0 radical (unpaired) electrons. The number of amides is 4. The van der Waals surface area contributed by atoms with Gasteiger partial charge in [-0.3, -0.25) is 19.8 Å². The number of pyridine rings is 1. The summed E-state index contributed by atoms with van der Waals surface area (Å²) in [5, 5.41) is 9.25. The van der Waals surface area contributed by atoms with Gasteiger partial charge in [0.15, 0.2) is 0 Å². The number of carbonyl (C=O) groups excluding carboxylic acids is 3. The number of anilines is 7. The van der Waals surface area contributed by atoms with Crippen molar-refractivity contribution in [2.75, 3.05) is 95.7 Å². The second-order valence-electron chi connectivity index (χ2n) is 15.7. The number of aromatic nitrogens is 3. The molecule has 5 aliphatic rings. The molecule has 2 aromatic heterocycles. The molecule has 2 aromatic carbocycles. The summed E-state index contributed by atoms with van der Waals surface area (Å²) in [6.45, 7) is 11.9. The summed E-state index contributed by atoms with van der Waals surface area (Å²) >= 11 is 0. The van der Waals surface area contributed by atoms with Gasteiger partial charge in [0, 0.05) is 93.3 Å². The number of imide groups is 1. The fourth-order valence-corrected chi connectivity index (χ4v) is 8.72. The number of hydrogen-bond acceptors (Lipinski definition) is 12. The quantitative estimate of drug-likeness (QED) is 0.230. The second-order valence-corrected chi connectivity index (χ2v) is 15.7. The molecule has 3 fully saturated rings. The van der Waals surface area contributed by atoms with Gasteiger partial charge in [0.1, 0.15) is 12.3 Å². The van der Waals surface area contributed by atoms with Gasteiger partial charge in [-0.1, -0.05) is 0 Å². The van der Waals surface area contributed by atoms with E-state index in [1.54, 1.807) is 4.90 Å². The summed E-state index contributed by atoms with van der Waals surface area (Å²) < 4.78 is 5.73. The van der Waals surface area contributed by atoms with Gasteiger partial charge < -0.3 is 35.0 Å². The summed E-state index contributed by atoms with van der Waals surface area (Å²) in [6, 6.07) is 14.0. The third-order valence-electron chi connectivity index (χ3n) is 12.0. The summed E-state index contributed by atoms with van der Waals surface area (Å²) in [6.07, 6.45) is 7.09. The molecular weight excluding hydrogens is 723 g/mol. The largest absolute Gasteiger partial charge is 0.474 e. The van der Waals surface area contributed by atoms with Gasteiger partial charge in [0.2, 0.25) is 23.6 Å². The lowest BCUT2D eigenvalue weighted by Crippen LogP contribution is -2.52. The molecule has 15 heteroatoms. The van der Waals surface area contributed by atoms with Gasteiger partial charge in [-0.15, -0.1) is 0 Å². The van der Waals surface area contributed by atoms with Crippen molar-refractivity contribution in [3.8, 4) is 5.88 Å². The van der Waals surface area contributed by atoms with E-state index < -0.39 is 6.03 Å². The average molecular weight is 772 g/mol. The van der Waals surface area contributed by atoms with Crippen LogP contribution < -0.4 is 40.3 Å². The molecule has 4 amide bonds. The Bertz CT molecular complexity index is 2190. The summed E-state index contributed by atoms with van der Waals surface area (Å²) in [7, 11) is 0. The lowest BCUT2D eigenvalue weighted by molar-refractivity contribution is -0.131. The highest BCUT2D eigenvalue weighted by Gasteiger charge is 2.30. The molecule has 0 saturated carbocycles. The van der Waals surface area contributed by atoms with Crippen LogP contribution in [0, 0.1) is 19.8 Å². The van der Waals surface area contributed by atoms with Gasteiger partial charge in [0.25, 0.3) is 0 Å². The predicted molar refractivity (Wildman–Crippen MR) is 220 cm³/mol. The second kappa shape index (κ2) is 15.4. The zero-order valence-corrected chi connectivity index (χ0v) is 32.6. The standard InChI is InChI=1S/C42H49N11O4/c1-27-21-33(7-8-35(27)53-17-12-37(54)48-42(53)56)50-18-19-52(38(55)26-50)24-29-9-14-49(15-10-29)32-5-3-31(4-6-32)46-41-45-22-30-11-16-51(25-34(30)47-41)36-23-44-40-39(28(36)2)43-13-20-57-40/h3-8,21-23,29,43H,9-20,24-26H2,1-2H3,(H,45,46,47)(H,48,54,56). The van der Waals surface area contributed by atoms with Crippen LogP contribution in [0.1, 0.15) is 41.6 Å². The van der Waals surface area contributed by atoms with E-state index in [2.05, 4.69) is 71.8 Å². The van der Waals surface area contributed by atoms with Crippen LogP contribution in [0.3, 0.4) is 0 Å². The minimum absolute atomic E-state index is 0.150. The van der Waals surface area contributed by atoms with Gasteiger partial charge in [0.05, 0.1) is 30.7 Å². The van der Waals surface area contributed by atoms with Crippen molar-refractivity contribution in [3.63, 3.8) is 0 Å². The van der Waals surface area contributed by atoms with Gasteiger partial charge in [-0.25, -0.2) is 19.7 Å². The Morgan fingerprint density at radius 2 is 1.65 bits per heavy atom. The van der Waals surface area contributed by atoms with Crippen molar-refractivity contribution in [3.05, 3.63) is 77.2 Å². The molecule has 57 heavy (non-hydrogen) atoms. The number of rotatable bonds is 8. The zero-order valence-electron chi connectivity index (χ0n) is 32.6. The molecular formula is C42H49N11O4. The number of piperidine rings is 1. The number of aryl methyl sites for hydroxylation is 1. The number of nitrogens with zero attached hydrogens (tertiary/aromatic N) is 8. The first kappa shape index (κ1) is 36.5. The summed E-state index contributed by atoms with van der Waals surface area (Å²) in [4.78, 5) is 62.0. The van der Waals surface area contributed by atoms with Crippen molar-refractivity contribution in [1.29, 1.82) is 0 Å². The summed E-state index contributed by atoms with van der Waals surface area (Å²) in [5.41, 5.74) is 10.2. The maximum absolute atomic E-state index is 13.3. The van der Waals surface area contributed by atoms with E-state index in [0.29, 0.717) is 50.5 Å². The van der Waals surface area contributed by atoms with Crippen LogP contribution in [0.25, 0.3) is 0 Å². The van der Waals surface area contributed by atoms with Crippen molar-refractivity contribution < 1.29 is 19.1 Å². The fourth-order valence-electron chi connectivity index (χ4n) is 8.72. The monoisotopic (exact) mass is 771 g/mol. The molecule has 296 valence electrons. The first-order valence-corrected chi connectivity index (χ1v) is 20.1. The smallest absolute Gasteiger partial charge is 0.328 e. The maximum Gasteiger partial charge on any atom is 0.328 e. The lowest BCUT2D eigenvalue weighted by atomic mass is 9.95. The number of hydrogen-bond donors (Lipinski definition) is 3. The van der Waals surface area contributed by atoms with Gasteiger partial charge >= 0.3 is 6.03 Å². The third kappa shape index (κ3) is 7.57. The van der Waals surface area contributed by atoms with Crippen LogP contribution in [-0.4, -0.2) is 103 Å². The number of urea groups is 1. The molecule has 5 aliphatic heterocycles. The molecule has 0 unspecified atom stereocenters. The van der Waals surface area contributed by atoms with Crippen LogP contribution in [0.5, 0.6) is 5.88 Å². The van der Waals surface area contributed by atoms with Crippen LogP contribution >= 0.6 is 0 Å². The van der Waals surface area contributed by atoms with E-state index in [1.165, 1.54) is 11.3 Å². The SMILES string of the molecule is Cc1cc(N2CCN(CC3CCN(c4ccc(Nc5ncc6c(n5)CN(c5cnc7c(c5C)NCCO7)CC6)cc4)CC3)C(=O)C2)ccc1N1CCC(=O)NC1=O. The van der Waals surface area contributed by atoms with Gasteiger partial charge in [-0.2, -0.15) is 0 Å². The molecule has 3 N–H and O–H groups in total. The van der Waals surface area contributed by atoms with E-state index >= 15 is 0 Å². The van der Waals surface area contributed by atoms with Crippen molar-refractivity contribution in [2.24, 2.45) is 5.92 Å². The van der Waals surface area contributed by atoms with Crippen LogP contribution in [0.15, 0.2) is 54.9 Å². The average Bonchev–Trinajstić information content (AvgIpc) is 3.22. The Morgan fingerprint density at radius 3 is 2.44 bits per heavy atom. The fraction of sp³-hybridized carbons (Fsp3) is 0.429. The molecule has 9 rings (SSSR count). The number of nitrogens with one attached hydrogen (secondary N) is 3. The molecule has 7 heterocycles. The zero-order chi connectivity index (χ0) is 39.0. The maximum atomic E-state index is 13.3. The number of ether oxygens (including phenoxy) is 1. The Hall–Kier alpha value is -6.12. The molecule has 0 atom stereocenters. The minimum atomic E-state index is -0.391. The molecule has 4 aromatic rings. The van der Waals surface area contributed by atoms with E-state index in [0.717, 1.165) is 104 Å². The minimum Gasteiger partial charge on any atom is -0.474 e. The van der Waals surface area contributed by atoms with Crippen LogP contribution in [0.2, 0.25) is 0 Å². The molecule has 0 aliphatic carbocycles. The molecule has 0 bridgehead atoms. The van der Waals surface area contributed by atoms with Crippen molar-refractivity contribution >= 4 is 57.9 Å². The summed E-state index contributed by atoms with van der Waals surface area (Å²) in [5.74, 6) is 1.64. The van der Waals surface area contributed by atoms with Crippen molar-refractivity contribution in [1.82, 2.24) is 25.2 Å². The van der Waals surface area contributed by atoms with Crippen molar-refractivity contribution in [2.45, 2.75) is 46.1 Å². The Kier molecular flexibility index (Phi) is 9.89. The predicted octanol–water partition coefficient (Wildman–Crippen LogP) is 4.61. The highest BCUT2D eigenvalue weighted by Crippen LogP contribution is 2.36.